The zero-order valence-electron chi connectivity index (χ0n) is 17.0. The predicted molar refractivity (Wildman–Crippen MR) is 122 cm³/mol. The van der Waals surface area contributed by atoms with Gasteiger partial charge in [-0.05, 0) is 86.8 Å². The van der Waals surface area contributed by atoms with Gasteiger partial charge < -0.3 is 10.2 Å². The van der Waals surface area contributed by atoms with Crippen LogP contribution >= 0.6 is 22.6 Å². The topological polar surface area (TPSA) is 40.5 Å². The van der Waals surface area contributed by atoms with Gasteiger partial charge in [0.15, 0.2) is 11.5 Å². The average Bonchev–Trinajstić information content (AvgIpc) is 3.57. The van der Waals surface area contributed by atoms with Crippen molar-refractivity contribution in [3.8, 4) is 11.5 Å². The molecule has 3 heteroatoms. The van der Waals surface area contributed by atoms with Gasteiger partial charge in [0.25, 0.3) is 0 Å². The summed E-state index contributed by atoms with van der Waals surface area (Å²) >= 11 is 2.62. The smallest absolute Gasteiger partial charge is 0.160 e. The van der Waals surface area contributed by atoms with Crippen LogP contribution in [0.4, 0.5) is 0 Å². The SMILES string of the molecule is CCC1(CCCCCc2cc(O)c(O)c(CCCCCC3(I)CC3)c2)CC1. The summed E-state index contributed by atoms with van der Waals surface area (Å²) in [5, 5.41) is 20.3. The lowest BCUT2D eigenvalue weighted by molar-refractivity contribution is 0.397. The first-order chi connectivity index (χ1) is 13.0. The zero-order chi connectivity index (χ0) is 19.3. The number of alkyl halides is 1. The van der Waals surface area contributed by atoms with Crippen LogP contribution in [0.5, 0.6) is 11.5 Å². The number of aromatic hydroxyl groups is 2. The van der Waals surface area contributed by atoms with Crippen molar-refractivity contribution in [2.24, 2.45) is 5.41 Å². The summed E-state index contributed by atoms with van der Waals surface area (Å²) in [5.41, 5.74) is 2.82. The lowest BCUT2D eigenvalue weighted by Gasteiger charge is -2.12. The molecule has 0 saturated heterocycles. The normalized spacial score (nSPS) is 19.2. The largest absolute Gasteiger partial charge is 0.504 e. The fourth-order valence-electron chi connectivity index (χ4n) is 4.36. The third-order valence-corrected chi connectivity index (χ3v) is 8.59. The van der Waals surface area contributed by atoms with Crippen molar-refractivity contribution in [3.05, 3.63) is 23.3 Å². The highest BCUT2D eigenvalue weighted by molar-refractivity contribution is 14.1. The standard InChI is InChI=1S/C24H37IO2/c1-2-23(13-14-23)11-7-3-5-9-19-17-20(22(27)21(26)18-19)10-6-4-8-12-24(25)15-16-24/h17-18,26-27H,2-16H2,1H3. The summed E-state index contributed by atoms with van der Waals surface area (Å²) < 4.78 is 0.619. The molecule has 0 aromatic heterocycles. The number of phenols is 2. The maximum Gasteiger partial charge on any atom is 0.160 e. The Labute approximate surface area is 179 Å². The number of aryl methyl sites for hydroxylation is 2. The molecule has 1 aromatic rings. The van der Waals surface area contributed by atoms with Crippen LogP contribution in [0.25, 0.3) is 0 Å². The minimum atomic E-state index is 0.0645. The van der Waals surface area contributed by atoms with Crippen molar-refractivity contribution < 1.29 is 10.2 Å². The summed E-state index contributed by atoms with van der Waals surface area (Å²) in [6.45, 7) is 2.33. The molecule has 0 amide bonds. The highest BCUT2D eigenvalue weighted by Gasteiger charge is 2.39. The van der Waals surface area contributed by atoms with Crippen LogP contribution in [-0.2, 0) is 12.8 Å². The predicted octanol–water partition coefficient (Wildman–Crippen LogP) is 7.46. The first-order valence-corrected chi connectivity index (χ1v) is 12.3. The molecule has 0 radical (unpaired) electrons. The maximum absolute atomic E-state index is 10.2. The molecule has 0 spiro atoms. The van der Waals surface area contributed by atoms with E-state index in [1.54, 1.807) is 6.07 Å². The van der Waals surface area contributed by atoms with Gasteiger partial charge in [-0.25, -0.2) is 0 Å². The van der Waals surface area contributed by atoms with Gasteiger partial charge in [0.05, 0.1) is 0 Å². The molecule has 3 rings (SSSR count). The Morgan fingerprint density at radius 2 is 1.52 bits per heavy atom. The van der Waals surface area contributed by atoms with E-state index in [-0.39, 0.29) is 11.5 Å². The Morgan fingerprint density at radius 1 is 0.852 bits per heavy atom. The summed E-state index contributed by atoms with van der Waals surface area (Å²) in [4.78, 5) is 0. The Bertz CT molecular complexity index is 617. The second-order valence-corrected chi connectivity index (χ2v) is 11.5. The lowest BCUT2D eigenvalue weighted by atomic mass is 9.94. The number of hydrogen-bond acceptors (Lipinski definition) is 2. The van der Waals surface area contributed by atoms with E-state index >= 15 is 0 Å². The molecule has 2 aliphatic carbocycles. The fourth-order valence-corrected chi connectivity index (χ4v) is 5.01. The van der Waals surface area contributed by atoms with E-state index in [0.717, 1.165) is 24.8 Å². The molecule has 27 heavy (non-hydrogen) atoms. The first-order valence-electron chi connectivity index (χ1n) is 11.2. The van der Waals surface area contributed by atoms with Crippen molar-refractivity contribution >= 4 is 22.6 Å². The lowest BCUT2D eigenvalue weighted by Crippen LogP contribution is -1.98. The fraction of sp³-hybridized carbons (Fsp3) is 0.750. The van der Waals surface area contributed by atoms with Gasteiger partial charge in [-0.15, -0.1) is 0 Å². The maximum atomic E-state index is 10.2. The molecule has 152 valence electrons. The summed E-state index contributed by atoms with van der Waals surface area (Å²) in [5.74, 6) is 0.166. The zero-order valence-corrected chi connectivity index (χ0v) is 19.2. The molecule has 0 unspecified atom stereocenters. The molecule has 0 aliphatic heterocycles. The van der Waals surface area contributed by atoms with Crippen molar-refractivity contribution in [1.29, 1.82) is 0 Å². The highest BCUT2D eigenvalue weighted by Crippen LogP contribution is 2.52. The van der Waals surface area contributed by atoms with Crippen LogP contribution in [0.1, 0.15) is 102 Å². The number of rotatable bonds is 13. The van der Waals surface area contributed by atoms with Gasteiger partial charge >= 0.3 is 0 Å². The molecule has 0 atom stereocenters. The van der Waals surface area contributed by atoms with E-state index in [0.29, 0.717) is 8.84 Å². The van der Waals surface area contributed by atoms with Crippen LogP contribution in [0.15, 0.2) is 12.1 Å². The molecule has 2 fully saturated rings. The van der Waals surface area contributed by atoms with Crippen molar-refractivity contribution in [1.82, 2.24) is 0 Å². The average molecular weight is 484 g/mol. The molecule has 1 aromatic carbocycles. The van der Waals surface area contributed by atoms with Crippen molar-refractivity contribution in [3.63, 3.8) is 0 Å². The molecule has 2 saturated carbocycles. The first kappa shape index (κ1) is 21.3. The van der Waals surface area contributed by atoms with E-state index in [9.17, 15) is 10.2 Å². The summed E-state index contributed by atoms with van der Waals surface area (Å²) in [7, 11) is 0. The van der Waals surface area contributed by atoms with E-state index in [1.807, 2.05) is 0 Å². The Kier molecular flexibility index (Phi) is 7.38. The number of hydrogen-bond donors (Lipinski definition) is 2. The minimum Gasteiger partial charge on any atom is -0.504 e. The van der Waals surface area contributed by atoms with Gasteiger partial charge in [-0.1, -0.05) is 67.7 Å². The Morgan fingerprint density at radius 3 is 2.15 bits per heavy atom. The van der Waals surface area contributed by atoms with Crippen LogP contribution in [0, 0.1) is 5.41 Å². The van der Waals surface area contributed by atoms with Crippen LogP contribution < -0.4 is 0 Å². The minimum absolute atomic E-state index is 0.0645. The summed E-state index contributed by atoms with van der Waals surface area (Å²) in [6.07, 6.45) is 19.0. The number of phenolic OH excluding ortho intramolecular Hbond substituents is 2. The van der Waals surface area contributed by atoms with Crippen LogP contribution in [0.2, 0.25) is 0 Å². The van der Waals surface area contributed by atoms with Crippen LogP contribution in [0.3, 0.4) is 0 Å². The number of benzene rings is 1. The molecule has 2 N–H and O–H groups in total. The second-order valence-electron chi connectivity index (χ2n) is 9.25. The van der Waals surface area contributed by atoms with E-state index in [2.05, 4.69) is 35.6 Å². The Hall–Kier alpha value is -0.450. The third-order valence-electron chi connectivity index (χ3n) is 6.97. The molecular formula is C24H37IO2. The number of halogens is 1. The monoisotopic (exact) mass is 484 g/mol. The Balaban J connectivity index is 1.38. The molecule has 0 heterocycles. The number of unbranched alkanes of at least 4 members (excludes halogenated alkanes) is 4. The van der Waals surface area contributed by atoms with Gasteiger partial charge in [-0.2, -0.15) is 0 Å². The van der Waals surface area contributed by atoms with Crippen molar-refractivity contribution in [2.45, 2.75) is 107 Å². The van der Waals surface area contributed by atoms with Gasteiger partial charge in [0, 0.05) is 3.42 Å². The van der Waals surface area contributed by atoms with E-state index in [4.69, 9.17) is 0 Å². The van der Waals surface area contributed by atoms with Gasteiger partial charge in [0.1, 0.15) is 0 Å². The molecule has 0 bridgehead atoms. The highest BCUT2D eigenvalue weighted by atomic mass is 127. The third kappa shape index (κ3) is 6.54. The second kappa shape index (κ2) is 9.37. The molecule has 2 aliphatic rings. The van der Waals surface area contributed by atoms with E-state index in [1.165, 1.54) is 82.6 Å². The quantitative estimate of drug-likeness (QED) is 0.132. The molecular weight excluding hydrogens is 447 g/mol. The summed E-state index contributed by atoms with van der Waals surface area (Å²) in [6, 6.07) is 3.89. The van der Waals surface area contributed by atoms with Crippen LogP contribution in [-0.4, -0.2) is 13.6 Å². The van der Waals surface area contributed by atoms with Gasteiger partial charge in [0.2, 0.25) is 0 Å². The van der Waals surface area contributed by atoms with E-state index < -0.39 is 0 Å². The van der Waals surface area contributed by atoms with Crippen molar-refractivity contribution in [2.75, 3.05) is 0 Å². The molecule has 2 nitrogen and oxygen atoms in total. The van der Waals surface area contributed by atoms with Gasteiger partial charge in [-0.3, -0.25) is 0 Å².